The summed E-state index contributed by atoms with van der Waals surface area (Å²) in [5.41, 5.74) is 5.87. The van der Waals surface area contributed by atoms with Crippen molar-refractivity contribution in [2.24, 2.45) is 0 Å². The normalized spacial score (nSPS) is 11.1. The fourth-order valence-corrected chi connectivity index (χ4v) is 3.71. The molecule has 130 valence electrons. The highest BCUT2D eigenvalue weighted by Gasteiger charge is 2.15. The Balaban J connectivity index is 1.86. The molecule has 27 heavy (non-hydrogen) atoms. The smallest absolute Gasteiger partial charge is 0.118 e. The quantitative estimate of drug-likeness (QED) is 0.409. The van der Waals surface area contributed by atoms with Gasteiger partial charge in [0.15, 0.2) is 0 Å². The van der Waals surface area contributed by atoms with E-state index in [4.69, 9.17) is 4.74 Å². The maximum absolute atomic E-state index is 5.33. The van der Waals surface area contributed by atoms with Gasteiger partial charge in [-0.05, 0) is 65.0 Å². The second-order valence-electron chi connectivity index (χ2n) is 6.53. The third kappa shape index (κ3) is 2.56. The Bertz CT molecular complexity index is 1240. The molecule has 0 radical (unpaired) electrons. The summed E-state index contributed by atoms with van der Waals surface area (Å²) in [6, 6.07) is 25.3. The molecule has 0 spiro atoms. The van der Waals surface area contributed by atoms with Crippen LogP contribution in [0, 0.1) is 0 Å². The van der Waals surface area contributed by atoms with Gasteiger partial charge in [-0.1, -0.05) is 24.3 Å². The number of ether oxygens (including phenoxy) is 1. The van der Waals surface area contributed by atoms with Crippen molar-refractivity contribution < 1.29 is 4.74 Å². The zero-order valence-electron chi connectivity index (χ0n) is 15.0. The number of methoxy groups -OCH3 is 1. The summed E-state index contributed by atoms with van der Waals surface area (Å²) in [6.45, 7) is 0. The summed E-state index contributed by atoms with van der Waals surface area (Å²) < 4.78 is 7.61. The summed E-state index contributed by atoms with van der Waals surface area (Å²) in [4.78, 5) is 4.18. The van der Waals surface area contributed by atoms with E-state index in [9.17, 15) is 0 Å². The maximum atomic E-state index is 5.33. The number of hydrogen-bond donors (Lipinski definition) is 0. The molecule has 5 rings (SSSR count). The largest absolute Gasteiger partial charge is 0.497 e. The molecule has 0 aliphatic carbocycles. The fourth-order valence-electron chi connectivity index (χ4n) is 3.71. The number of nitrogens with zero attached hydrogens (tertiary/aromatic N) is 2. The first-order valence-electron chi connectivity index (χ1n) is 8.93. The highest BCUT2D eigenvalue weighted by Crippen LogP contribution is 2.37. The van der Waals surface area contributed by atoms with Crippen molar-refractivity contribution >= 4 is 16.3 Å². The predicted octanol–water partition coefficient (Wildman–Crippen LogP) is 5.83. The first-order chi connectivity index (χ1) is 13.3. The molecule has 5 aromatic rings. The monoisotopic (exact) mass is 350 g/mol. The van der Waals surface area contributed by atoms with Crippen molar-refractivity contribution in [3.63, 3.8) is 0 Å². The molecule has 0 fully saturated rings. The Kier molecular flexibility index (Phi) is 3.65. The van der Waals surface area contributed by atoms with Crippen molar-refractivity contribution in [3.8, 4) is 28.1 Å². The van der Waals surface area contributed by atoms with Crippen LogP contribution in [0.5, 0.6) is 5.75 Å². The lowest BCUT2D eigenvalue weighted by molar-refractivity contribution is 0.415. The fraction of sp³-hybridized carbons (Fsp3) is 0.0417. The van der Waals surface area contributed by atoms with Crippen molar-refractivity contribution in [1.82, 2.24) is 9.38 Å². The number of hydrogen-bond acceptors (Lipinski definition) is 2. The van der Waals surface area contributed by atoms with Crippen LogP contribution in [-0.2, 0) is 0 Å². The summed E-state index contributed by atoms with van der Waals surface area (Å²) >= 11 is 0. The zero-order chi connectivity index (χ0) is 18.2. The van der Waals surface area contributed by atoms with E-state index >= 15 is 0 Å². The van der Waals surface area contributed by atoms with Gasteiger partial charge in [-0.2, -0.15) is 0 Å². The van der Waals surface area contributed by atoms with Crippen molar-refractivity contribution in [2.45, 2.75) is 0 Å². The number of aromatic nitrogens is 2. The predicted molar refractivity (Wildman–Crippen MR) is 110 cm³/mol. The minimum atomic E-state index is 0.857. The molecule has 0 aliphatic rings. The number of pyridine rings is 2. The average molecular weight is 350 g/mol. The lowest BCUT2D eigenvalue weighted by Gasteiger charge is -2.09. The number of benzene rings is 2. The van der Waals surface area contributed by atoms with Crippen LogP contribution in [0.25, 0.3) is 38.7 Å². The Morgan fingerprint density at radius 1 is 0.815 bits per heavy atom. The van der Waals surface area contributed by atoms with Crippen LogP contribution in [-0.4, -0.2) is 16.5 Å². The molecule has 3 aromatic heterocycles. The molecule has 0 saturated heterocycles. The average Bonchev–Trinajstić information content (AvgIpc) is 3.14. The maximum Gasteiger partial charge on any atom is 0.118 e. The Morgan fingerprint density at radius 2 is 1.59 bits per heavy atom. The van der Waals surface area contributed by atoms with Gasteiger partial charge in [-0.25, -0.2) is 0 Å². The molecule has 0 aliphatic heterocycles. The lowest BCUT2D eigenvalue weighted by Crippen LogP contribution is -1.91. The van der Waals surface area contributed by atoms with Crippen LogP contribution in [0.4, 0.5) is 0 Å². The lowest BCUT2D eigenvalue weighted by atomic mass is 10.0. The standard InChI is InChI=1S/C24H18N2O/c1-27-20-8-6-19(7-9-20)24-22(18-10-13-25-14-11-18)16-23-21-5-3-2-4-17(21)12-15-26(23)24/h2-16H,1H3. The van der Waals surface area contributed by atoms with Crippen LogP contribution in [0.15, 0.2) is 91.4 Å². The van der Waals surface area contributed by atoms with Crippen LogP contribution in [0.3, 0.4) is 0 Å². The molecule has 0 saturated carbocycles. The van der Waals surface area contributed by atoms with Gasteiger partial charge in [0.2, 0.25) is 0 Å². The number of fused-ring (bicyclic) bond motifs is 3. The van der Waals surface area contributed by atoms with Crippen molar-refractivity contribution in [3.05, 3.63) is 91.4 Å². The van der Waals surface area contributed by atoms with Gasteiger partial charge in [-0.3, -0.25) is 4.98 Å². The van der Waals surface area contributed by atoms with Crippen LogP contribution < -0.4 is 4.74 Å². The first-order valence-corrected chi connectivity index (χ1v) is 8.93. The van der Waals surface area contributed by atoms with E-state index in [1.54, 1.807) is 7.11 Å². The second kappa shape index (κ2) is 6.29. The molecule has 0 amide bonds. The molecule has 0 bridgehead atoms. The minimum absolute atomic E-state index is 0.857. The molecular formula is C24H18N2O. The SMILES string of the molecule is COc1ccc(-c2c(-c3ccncc3)cc3c4ccccc4ccn23)cc1. The highest BCUT2D eigenvalue weighted by atomic mass is 16.5. The summed E-state index contributed by atoms with van der Waals surface area (Å²) in [7, 11) is 1.69. The second-order valence-corrected chi connectivity index (χ2v) is 6.53. The van der Waals surface area contributed by atoms with Crippen LogP contribution in [0.1, 0.15) is 0 Å². The first kappa shape index (κ1) is 15.6. The Morgan fingerprint density at radius 3 is 2.37 bits per heavy atom. The van der Waals surface area contributed by atoms with E-state index in [-0.39, 0.29) is 0 Å². The summed E-state index contributed by atoms with van der Waals surface area (Å²) in [6.07, 6.45) is 5.84. The van der Waals surface area contributed by atoms with E-state index in [0.717, 1.165) is 16.9 Å². The van der Waals surface area contributed by atoms with E-state index < -0.39 is 0 Å². The molecule has 3 heterocycles. The van der Waals surface area contributed by atoms with Gasteiger partial charge in [-0.15, -0.1) is 0 Å². The molecule has 3 heteroatoms. The topological polar surface area (TPSA) is 26.5 Å². The van der Waals surface area contributed by atoms with Gasteiger partial charge in [0.1, 0.15) is 5.75 Å². The van der Waals surface area contributed by atoms with Gasteiger partial charge < -0.3 is 9.14 Å². The van der Waals surface area contributed by atoms with Gasteiger partial charge in [0.05, 0.1) is 18.3 Å². The molecule has 2 aromatic carbocycles. The van der Waals surface area contributed by atoms with E-state index in [0.29, 0.717) is 0 Å². The molecule has 0 atom stereocenters. The highest BCUT2D eigenvalue weighted by molar-refractivity contribution is 6.01. The van der Waals surface area contributed by atoms with Gasteiger partial charge in [0.25, 0.3) is 0 Å². The summed E-state index contributed by atoms with van der Waals surface area (Å²) in [5, 5.41) is 2.49. The summed E-state index contributed by atoms with van der Waals surface area (Å²) in [5.74, 6) is 0.857. The third-order valence-corrected chi connectivity index (χ3v) is 5.03. The molecular weight excluding hydrogens is 332 g/mol. The molecule has 0 N–H and O–H groups in total. The van der Waals surface area contributed by atoms with Crippen LogP contribution >= 0.6 is 0 Å². The van der Waals surface area contributed by atoms with Gasteiger partial charge in [0, 0.05) is 29.5 Å². The van der Waals surface area contributed by atoms with Crippen molar-refractivity contribution in [2.75, 3.05) is 7.11 Å². The minimum Gasteiger partial charge on any atom is -0.497 e. The van der Waals surface area contributed by atoms with Crippen molar-refractivity contribution in [1.29, 1.82) is 0 Å². The molecule has 0 unspecified atom stereocenters. The zero-order valence-corrected chi connectivity index (χ0v) is 15.0. The van der Waals surface area contributed by atoms with E-state index in [2.05, 4.69) is 76.2 Å². The Labute approximate surface area is 157 Å². The molecule has 3 nitrogen and oxygen atoms in total. The third-order valence-electron chi connectivity index (χ3n) is 5.03. The van der Waals surface area contributed by atoms with E-state index in [1.165, 1.54) is 27.5 Å². The Hall–Kier alpha value is -3.59. The van der Waals surface area contributed by atoms with E-state index in [1.807, 2.05) is 24.5 Å². The van der Waals surface area contributed by atoms with Crippen LogP contribution in [0.2, 0.25) is 0 Å². The number of rotatable bonds is 3. The van der Waals surface area contributed by atoms with Gasteiger partial charge >= 0.3 is 0 Å².